The quantitative estimate of drug-likeness (QED) is 0.784. The van der Waals surface area contributed by atoms with E-state index in [4.69, 9.17) is 0 Å². The third-order valence-corrected chi connectivity index (χ3v) is 2.96. The summed E-state index contributed by atoms with van der Waals surface area (Å²) in [4.78, 5) is 29.1. The molecule has 1 amide bonds. The van der Waals surface area contributed by atoms with Gasteiger partial charge in [-0.3, -0.25) is 4.79 Å². The van der Waals surface area contributed by atoms with Crippen LogP contribution < -0.4 is 11.0 Å². The van der Waals surface area contributed by atoms with Gasteiger partial charge in [0, 0.05) is 17.7 Å². The fraction of sp³-hybridized carbons (Fsp3) is 0.545. The van der Waals surface area contributed by atoms with E-state index in [1.807, 2.05) is 13.8 Å². The second kappa shape index (κ2) is 3.43. The van der Waals surface area contributed by atoms with Gasteiger partial charge in [-0.15, -0.1) is 0 Å². The summed E-state index contributed by atoms with van der Waals surface area (Å²) in [6, 6.07) is 1.65. The van der Waals surface area contributed by atoms with Crippen LogP contribution in [0.4, 0.5) is 5.82 Å². The van der Waals surface area contributed by atoms with Crippen LogP contribution in [-0.4, -0.2) is 15.9 Å². The van der Waals surface area contributed by atoms with Crippen molar-refractivity contribution in [2.24, 2.45) is 11.3 Å². The van der Waals surface area contributed by atoms with E-state index in [9.17, 15) is 9.59 Å². The first-order chi connectivity index (χ1) is 7.38. The van der Waals surface area contributed by atoms with Crippen molar-refractivity contribution in [3.63, 3.8) is 0 Å². The number of hydrogen-bond donors (Lipinski definition) is 2. The maximum atomic E-state index is 11.7. The van der Waals surface area contributed by atoms with E-state index < -0.39 is 5.69 Å². The number of aromatic nitrogens is 2. The zero-order valence-electron chi connectivity index (χ0n) is 9.63. The fourth-order valence-corrected chi connectivity index (χ4v) is 1.77. The Morgan fingerprint density at radius 1 is 1.62 bits per heavy atom. The van der Waals surface area contributed by atoms with E-state index in [0.29, 0.717) is 11.5 Å². The number of H-pyrrole nitrogens is 1. The molecular formula is C11H15N3O2. The molecule has 5 heteroatoms. The highest BCUT2D eigenvalue weighted by Gasteiger charge is 2.50. The number of hydrogen-bond acceptors (Lipinski definition) is 3. The largest absolute Gasteiger partial charge is 0.347 e. The molecule has 0 radical (unpaired) electrons. The predicted octanol–water partition coefficient (Wildman–Crippen LogP) is 1.06. The van der Waals surface area contributed by atoms with Crippen molar-refractivity contribution in [1.29, 1.82) is 0 Å². The summed E-state index contributed by atoms with van der Waals surface area (Å²) in [6.45, 7) is 5.85. The molecule has 1 heterocycles. The summed E-state index contributed by atoms with van der Waals surface area (Å²) in [5.74, 6) is 0.311. The van der Waals surface area contributed by atoms with Gasteiger partial charge in [-0.2, -0.15) is 4.98 Å². The molecular weight excluding hydrogens is 206 g/mol. The van der Waals surface area contributed by atoms with Crippen molar-refractivity contribution in [2.75, 3.05) is 5.32 Å². The zero-order valence-corrected chi connectivity index (χ0v) is 9.63. The Hall–Kier alpha value is -1.65. The molecule has 2 rings (SSSR count). The lowest BCUT2D eigenvalue weighted by Gasteiger charge is -2.05. The smallest absolute Gasteiger partial charge is 0.310 e. The number of nitrogens with zero attached hydrogens (tertiary/aromatic N) is 1. The first kappa shape index (κ1) is 10.9. The molecule has 0 unspecified atom stereocenters. The van der Waals surface area contributed by atoms with E-state index in [2.05, 4.69) is 15.3 Å². The van der Waals surface area contributed by atoms with E-state index >= 15 is 0 Å². The third-order valence-electron chi connectivity index (χ3n) is 2.96. The van der Waals surface area contributed by atoms with Crippen molar-refractivity contribution in [3.05, 3.63) is 22.2 Å². The van der Waals surface area contributed by atoms with Gasteiger partial charge in [-0.1, -0.05) is 13.8 Å². The molecule has 0 saturated heterocycles. The number of carbonyl (C=O) groups is 1. The molecule has 1 aliphatic rings. The molecule has 1 aromatic heterocycles. The Balaban J connectivity index is 2.10. The molecule has 16 heavy (non-hydrogen) atoms. The molecule has 2 N–H and O–H groups in total. The Morgan fingerprint density at radius 2 is 2.25 bits per heavy atom. The predicted molar refractivity (Wildman–Crippen MR) is 60.1 cm³/mol. The minimum atomic E-state index is -0.439. The van der Waals surface area contributed by atoms with Gasteiger partial charge in [0.25, 0.3) is 0 Å². The third kappa shape index (κ3) is 2.13. The van der Waals surface area contributed by atoms with Crippen molar-refractivity contribution in [3.8, 4) is 0 Å². The SMILES string of the molecule is Cc1cc(NC(=O)[C@H]2CC2(C)C)nc(=O)[nH]1. The fourth-order valence-electron chi connectivity index (χ4n) is 1.77. The topological polar surface area (TPSA) is 74.8 Å². The first-order valence-electron chi connectivity index (χ1n) is 5.27. The molecule has 0 bridgehead atoms. The van der Waals surface area contributed by atoms with Crippen LogP contribution in [0.3, 0.4) is 0 Å². The Labute approximate surface area is 93.3 Å². The summed E-state index contributed by atoms with van der Waals surface area (Å²) >= 11 is 0. The minimum absolute atomic E-state index is 0.0360. The van der Waals surface area contributed by atoms with Gasteiger partial charge in [-0.05, 0) is 18.8 Å². The van der Waals surface area contributed by atoms with Gasteiger partial charge >= 0.3 is 5.69 Å². The van der Waals surface area contributed by atoms with E-state index in [1.54, 1.807) is 13.0 Å². The molecule has 86 valence electrons. The number of aromatic amines is 1. The highest BCUT2D eigenvalue weighted by Crippen LogP contribution is 2.51. The Kier molecular flexibility index (Phi) is 2.33. The maximum absolute atomic E-state index is 11.7. The van der Waals surface area contributed by atoms with Crippen LogP contribution in [0.2, 0.25) is 0 Å². The van der Waals surface area contributed by atoms with Crippen molar-refractivity contribution < 1.29 is 4.79 Å². The summed E-state index contributed by atoms with van der Waals surface area (Å²) in [5.41, 5.74) is 0.330. The summed E-state index contributed by atoms with van der Waals surface area (Å²) in [7, 11) is 0. The van der Waals surface area contributed by atoms with Crippen molar-refractivity contribution >= 4 is 11.7 Å². The lowest BCUT2D eigenvalue weighted by Crippen LogP contribution is -2.21. The highest BCUT2D eigenvalue weighted by atomic mass is 16.2. The number of aryl methyl sites for hydroxylation is 1. The van der Waals surface area contributed by atoms with Crippen LogP contribution in [-0.2, 0) is 4.79 Å². The lowest BCUT2D eigenvalue weighted by atomic mass is 10.1. The van der Waals surface area contributed by atoms with Crippen molar-refractivity contribution in [1.82, 2.24) is 9.97 Å². The molecule has 1 atom stereocenters. The molecule has 1 saturated carbocycles. The first-order valence-corrected chi connectivity index (χ1v) is 5.27. The maximum Gasteiger partial charge on any atom is 0.347 e. The standard InChI is InChI=1S/C11H15N3O2/c1-6-4-8(14-10(16)12-6)13-9(15)7-5-11(7,2)3/h4,7H,5H2,1-3H3,(H2,12,13,14,15,16)/t7-/m1/s1. The summed E-state index contributed by atoms with van der Waals surface area (Å²) in [6.07, 6.45) is 0.890. The summed E-state index contributed by atoms with van der Waals surface area (Å²) < 4.78 is 0. The van der Waals surface area contributed by atoms with Crippen LogP contribution in [0.15, 0.2) is 10.9 Å². The van der Waals surface area contributed by atoms with Gasteiger partial charge in [0.2, 0.25) is 5.91 Å². The van der Waals surface area contributed by atoms with E-state index in [0.717, 1.165) is 6.42 Å². The molecule has 5 nitrogen and oxygen atoms in total. The second-order valence-electron chi connectivity index (χ2n) is 4.99. The van der Waals surface area contributed by atoms with Crippen LogP contribution in [0.25, 0.3) is 0 Å². The molecule has 1 fully saturated rings. The van der Waals surface area contributed by atoms with Gasteiger partial charge in [0.1, 0.15) is 5.82 Å². The van der Waals surface area contributed by atoms with E-state index in [1.165, 1.54) is 0 Å². The van der Waals surface area contributed by atoms with Gasteiger partial charge < -0.3 is 10.3 Å². The van der Waals surface area contributed by atoms with Gasteiger partial charge in [-0.25, -0.2) is 4.79 Å². The number of amides is 1. The highest BCUT2D eigenvalue weighted by molar-refractivity contribution is 5.94. The number of carbonyl (C=O) groups excluding carboxylic acids is 1. The monoisotopic (exact) mass is 221 g/mol. The van der Waals surface area contributed by atoms with Crippen LogP contribution in [0, 0.1) is 18.3 Å². The van der Waals surface area contributed by atoms with Crippen molar-refractivity contribution in [2.45, 2.75) is 27.2 Å². The molecule has 0 aliphatic heterocycles. The number of nitrogens with one attached hydrogen (secondary N) is 2. The number of rotatable bonds is 2. The minimum Gasteiger partial charge on any atom is -0.310 e. The molecule has 1 aliphatic carbocycles. The van der Waals surface area contributed by atoms with Crippen LogP contribution >= 0.6 is 0 Å². The zero-order chi connectivity index (χ0) is 11.9. The van der Waals surface area contributed by atoms with Crippen LogP contribution in [0.1, 0.15) is 26.0 Å². The normalized spacial score (nSPS) is 21.6. The average Bonchev–Trinajstić information content (AvgIpc) is 2.73. The van der Waals surface area contributed by atoms with Gasteiger partial charge in [0.15, 0.2) is 0 Å². The Bertz CT molecular complexity index is 490. The van der Waals surface area contributed by atoms with Gasteiger partial charge in [0.05, 0.1) is 0 Å². The molecule has 0 spiro atoms. The second-order valence-corrected chi connectivity index (χ2v) is 4.99. The lowest BCUT2D eigenvalue weighted by molar-refractivity contribution is -0.118. The number of anilines is 1. The average molecular weight is 221 g/mol. The summed E-state index contributed by atoms with van der Waals surface area (Å²) in [5, 5.41) is 2.67. The van der Waals surface area contributed by atoms with Crippen LogP contribution in [0.5, 0.6) is 0 Å². The Morgan fingerprint density at radius 3 is 2.75 bits per heavy atom. The molecule has 1 aromatic rings. The van der Waals surface area contributed by atoms with E-state index in [-0.39, 0.29) is 17.2 Å². The molecule has 0 aromatic carbocycles.